The number of nitrogens with one attached hydrogen (secondary N) is 1. The van der Waals surface area contributed by atoms with Crippen LogP contribution >= 0.6 is 0 Å². The van der Waals surface area contributed by atoms with E-state index in [1.54, 1.807) is 0 Å². The second-order valence-corrected chi connectivity index (χ2v) is 8.31. The first-order valence-corrected chi connectivity index (χ1v) is 9.07. The molecule has 2 rings (SSSR count). The molecule has 18 heavy (non-hydrogen) atoms. The van der Waals surface area contributed by atoms with Crippen LogP contribution in [0.3, 0.4) is 0 Å². The fourth-order valence-corrected chi connectivity index (χ4v) is 5.02. The standard InChI is InChI=1S/C13H26N2O2S/c1-18(16,17)12-5-2-8-13(12,10-14)15-9-3-4-11-6-7-11/h11-12,15H,2-10,14H2,1H3. The first-order valence-electron chi connectivity index (χ1n) is 7.12. The SMILES string of the molecule is CS(=O)(=O)C1CCCC1(CN)NCCCC1CC1. The third-order valence-electron chi connectivity index (χ3n) is 4.55. The molecule has 0 saturated heterocycles. The van der Waals surface area contributed by atoms with Crippen LogP contribution in [0.25, 0.3) is 0 Å². The van der Waals surface area contributed by atoms with E-state index < -0.39 is 9.84 Å². The largest absolute Gasteiger partial charge is 0.329 e. The highest BCUT2D eigenvalue weighted by molar-refractivity contribution is 7.91. The summed E-state index contributed by atoms with van der Waals surface area (Å²) < 4.78 is 23.7. The Morgan fingerprint density at radius 1 is 1.33 bits per heavy atom. The summed E-state index contributed by atoms with van der Waals surface area (Å²) in [6, 6.07) is 0. The van der Waals surface area contributed by atoms with Crippen LogP contribution < -0.4 is 11.1 Å². The molecule has 0 aliphatic heterocycles. The van der Waals surface area contributed by atoms with Crippen LogP contribution in [0.2, 0.25) is 0 Å². The van der Waals surface area contributed by atoms with E-state index >= 15 is 0 Å². The Labute approximate surface area is 111 Å². The van der Waals surface area contributed by atoms with Gasteiger partial charge in [-0.2, -0.15) is 0 Å². The highest BCUT2D eigenvalue weighted by Crippen LogP contribution is 2.35. The van der Waals surface area contributed by atoms with Crippen LogP contribution in [0.1, 0.15) is 44.9 Å². The summed E-state index contributed by atoms with van der Waals surface area (Å²) in [6.07, 6.45) is 9.14. The molecule has 0 aromatic carbocycles. The Hall–Kier alpha value is -0.130. The van der Waals surface area contributed by atoms with Crippen molar-refractivity contribution in [3.8, 4) is 0 Å². The number of rotatable bonds is 7. The number of hydrogen-bond acceptors (Lipinski definition) is 4. The normalized spacial score (nSPS) is 32.9. The molecule has 0 heterocycles. The van der Waals surface area contributed by atoms with Crippen molar-refractivity contribution in [3.63, 3.8) is 0 Å². The lowest BCUT2D eigenvalue weighted by atomic mass is 9.97. The first kappa shape index (κ1) is 14.3. The van der Waals surface area contributed by atoms with Gasteiger partial charge in [0.25, 0.3) is 0 Å². The maximum absolute atomic E-state index is 11.9. The lowest BCUT2D eigenvalue weighted by Crippen LogP contribution is -2.58. The average molecular weight is 274 g/mol. The van der Waals surface area contributed by atoms with Gasteiger partial charge in [0, 0.05) is 18.3 Å². The molecule has 0 bridgehead atoms. The summed E-state index contributed by atoms with van der Waals surface area (Å²) in [6.45, 7) is 1.33. The zero-order valence-corrected chi connectivity index (χ0v) is 12.1. The fraction of sp³-hybridized carbons (Fsp3) is 1.00. The van der Waals surface area contributed by atoms with Gasteiger partial charge in [-0.25, -0.2) is 8.42 Å². The summed E-state index contributed by atoms with van der Waals surface area (Å²) >= 11 is 0. The summed E-state index contributed by atoms with van der Waals surface area (Å²) in [5, 5.41) is 3.18. The van der Waals surface area contributed by atoms with Crippen molar-refractivity contribution < 1.29 is 8.42 Å². The molecule has 2 aliphatic carbocycles. The van der Waals surface area contributed by atoms with E-state index in [1.807, 2.05) is 0 Å². The zero-order valence-electron chi connectivity index (χ0n) is 11.3. The number of nitrogens with two attached hydrogens (primary N) is 1. The van der Waals surface area contributed by atoms with E-state index in [1.165, 1.54) is 25.5 Å². The Bertz CT molecular complexity index is 378. The minimum Gasteiger partial charge on any atom is -0.329 e. The molecule has 2 atom stereocenters. The molecular weight excluding hydrogens is 248 g/mol. The highest BCUT2D eigenvalue weighted by atomic mass is 32.2. The van der Waals surface area contributed by atoms with Crippen molar-refractivity contribution in [3.05, 3.63) is 0 Å². The minimum absolute atomic E-state index is 0.295. The van der Waals surface area contributed by atoms with Crippen molar-refractivity contribution in [1.82, 2.24) is 5.32 Å². The van der Waals surface area contributed by atoms with Crippen molar-refractivity contribution >= 4 is 9.84 Å². The van der Waals surface area contributed by atoms with Gasteiger partial charge in [0.15, 0.2) is 9.84 Å². The molecule has 2 fully saturated rings. The Kier molecular flexibility index (Phi) is 4.34. The third kappa shape index (κ3) is 3.25. The fourth-order valence-electron chi connectivity index (χ4n) is 3.31. The van der Waals surface area contributed by atoms with Gasteiger partial charge in [-0.1, -0.05) is 19.3 Å². The van der Waals surface area contributed by atoms with Crippen molar-refractivity contribution in [2.75, 3.05) is 19.3 Å². The van der Waals surface area contributed by atoms with E-state index in [4.69, 9.17) is 5.73 Å². The molecule has 2 unspecified atom stereocenters. The molecule has 5 heteroatoms. The van der Waals surface area contributed by atoms with Crippen molar-refractivity contribution in [2.45, 2.75) is 55.7 Å². The molecule has 3 N–H and O–H groups in total. The van der Waals surface area contributed by atoms with Crippen LogP contribution in [0, 0.1) is 5.92 Å². The summed E-state index contributed by atoms with van der Waals surface area (Å²) in [7, 11) is -3.01. The molecule has 4 nitrogen and oxygen atoms in total. The predicted molar refractivity (Wildman–Crippen MR) is 74.2 cm³/mol. The molecule has 2 aliphatic rings. The van der Waals surface area contributed by atoms with Gasteiger partial charge in [0.2, 0.25) is 0 Å². The van der Waals surface area contributed by atoms with Crippen LogP contribution in [0.4, 0.5) is 0 Å². The molecule has 106 valence electrons. The smallest absolute Gasteiger partial charge is 0.152 e. The molecule has 0 spiro atoms. The van der Waals surface area contributed by atoms with E-state index in [0.29, 0.717) is 6.54 Å². The zero-order chi connectivity index (χ0) is 13.2. The van der Waals surface area contributed by atoms with Gasteiger partial charge in [0.05, 0.1) is 5.25 Å². The second-order valence-electron chi connectivity index (χ2n) is 6.08. The predicted octanol–water partition coefficient (Wildman–Crippen LogP) is 1.06. The van der Waals surface area contributed by atoms with Crippen LogP contribution in [0.5, 0.6) is 0 Å². The van der Waals surface area contributed by atoms with E-state index in [0.717, 1.165) is 38.1 Å². The lowest BCUT2D eigenvalue weighted by molar-refractivity contribution is 0.336. The Morgan fingerprint density at radius 2 is 2.06 bits per heavy atom. The molecule has 0 aromatic rings. The van der Waals surface area contributed by atoms with E-state index in [9.17, 15) is 8.42 Å². The van der Waals surface area contributed by atoms with Gasteiger partial charge in [-0.05, 0) is 38.1 Å². The Morgan fingerprint density at radius 3 is 2.61 bits per heavy atom. The van der Waals surface area contributed by atoms with E-state index in [-0.39, 0.29) is 10.8 Å². The van der Waals surface area contributed by atoms with Gasteiger partial charge < -0.3 is 11.1 Å². The monoisotopic (exact) mass is 274 g/mol. The molecular formula is C13H26N2O2S. The topological polar surface area (TPSA) is 72.2 Å². The average Bonchev–Trinajstić information content (AvgIpc) is 3.02. The van der Waals surface area contributed by atoms with Crippen molar-refractivity contribution in [2.24, 2.45) is 11.7 Å². The maximum Gasteiger partial charge on any atom is 0.152 e. The number of hydrogen-bond donors (Lipinski definition) is 2. The lowest BCUT2D eigenvalue weighted by Gasteiger charge is -2.34. The molecule has 2 saturated carbocycles. The quantitative estimate of drug-likeness (QED) is 0.681. The highest BCUT2D eigenvalue weighted by Gasteiger charge is 2.46. The maximum atomic E-state index is 11.9. The third-order valence-corrected chi connectivity index (χ3v) is 6.27. The van der Waals surface area contributed by atoms with Crippen LogP contribution in [0.15, 0.2) is 0 Å². The van der Waals surface area contributed by atoms with Crippen molar-refractivity contribution in [1.29, 1.82) is 0 Å². The second kappa shape index (κ2) is 5.47. The van der Waals surface area contributed by atoms with Gasteiger partial charge >= 0.3 is 0 Å². The van der Waals surface area contributed by atoms with Gasteiger partial charge in [-0.15, -0.1) is 0 Å². The summed E-state index contributed by atoms with van der Waals surface area (Å²) in [4.78, 5) is 0. The van der Waals surface area contributed by atoms with Crippen LogP contribution in [-0.2, 0) is 9.84 Å². The van der Waals surface area contributed by atoms with Gasteiger partial charge in [-0.3, -0.25) is 0 Å². The molecule has 0 aromatic heterocycles. The van der Waals surface area contributed by atoms with Gasteiger partial charge in [0.1, 0.15) is 0 Å². The first-order chi connectivity index (χ1) is 8.48. The Balaban J connectivity index is 1.90. The van der Waals surface area contributed by atoms with E-state index in [2.05, 4.69) is 5.32 Å². The minimum atomic E-state index is -3.01. The summed E-state index contributed by atoms with van der Waals surface area (Å²) in [5.41, 5.74) is 5.52. The molecule has 0 amide bonds. The summed E-state index contributed by atoms with van der Waals surface area (Å²) in [5.74, 6) is 0.940. The number of sulfone groups is 1. The molecule has 0 radical (unpaired) electrons. The van der Waals surface area contributed by atoms with Crippen LogP contribution in [-0.4, -0.2) is 38.6 Å².